The Morgan fingerprint density at radius 1 is 1.13 bits per heavy atom. The number of piperidine rings is 1. The summed E-state index contributed by atoms with van der Waals surface area (Å²) in [5.74, 6) is 7.80. The third-order valence-electron chi connectivity index (χ3n) is 3.78. The van der Waals surface area contributed by atoms with Crippen molar-refractivity contribution in [1.29, 1.82) is 0 Å². The van der Waals surface area contributed by atoms with Crippen molar-refractivity contribution in [2.45, 2.75) is 65.3 Å². The van der Waals surface area contributed by atoms with Crippen LogP contribution in [0.25, 0.3) is 0 Å². The van der Waals surface area contributed by atoms with E-state index >= 15 is 0 Å². The highest BCUT2D eigenvalue weighted by atomic mass is 15.4. The lowest BCUT2D eigenvalue weighted by Crippen LogP contribution is -2.53. The molecule has 0 radical (unpaired) electrons. The molecule has 90 valence electrons. The Bertz CT molecular complexity index is 152. The Morgan fingerprint density at radius 3 is 2.33 bits per heavy atom. The number of hydrogen-bond donors (Lipinski definition) is 1. The van der Waals surface area contributed by atoms with Gasteiger partial charge in [-0.1, -0.05) is 40.0 Å². The molecule has 2 aliphatic rings. The summed E-state index contributed by atoms with van der Waals surface area (Å²) in [5, 5.41) is 2.10. The molecule has 2 rings (SSSR count). The quantitative estimate of drug-likeness (QED) is 0.625. The Morgan fingerprint density at radius 2 is 1.73 bits per heavy atom. The van der Waals surface area contributed by atoms with Crippen LogP contribution in [0, 0.1) is 11.8 Å². The number of hydrogen-bond acceptors (Lipinski definition) is 2. The summed E-state index contributed by atoms with van der Waals surface area (Å²) < 4.78 is 0. The van der Waals surface area contributed by atoms with Gasteiger partial charge in [0.15, 0.2) is 0 Å². The van der Waals surface area contributed by atoms with E-state index in [2.05, 4.69) is 25.8 Å². The van der Waals surface area contributed by atoms with Crippen molar-refractivity contribution >= 4 is 0 Å². The zero-order valence-electron chi connectivity index (χ0n) is 10.7. The van der Waals surface area contributed by atoms with E-state index in [1.165, 1.54) is 38.5 Å². The third kappa shape index (κ3) is 3.46. The van der Waals surface area contributed by atoms with Gasteiger partial charge in [0.25, 0.3) is 0 Å². The van der Waals surface area contributed by atoms with Crippen molar-refractivity contribution in [1.82, 2.24) is 5.01 Å². The first-order valence-corrected chi connectivity index (χ1v) is 6.72. The van der Waals surface area contributed by atoms with Gasteiger partial charge in [-0.15, -0.1) is 0 Å². The monoisotopic (exact) mass is 212 g/mol. The fourth-order valence-electron chi connectivity index (χ4n) is 2.95. The maximum atomic E-state index is 5.98. The molecule has 3 atom stereocenters. The molecule has 0 spiro atoms. The minimum absolute atomic E-state index is 0.711. The summed E-state index contributed by atoms with van der Waals surface area (Å²) in [7, 11) is 0. The maximum absolute atomic E-state index is 5.98. The fourth-order valence-corrected chi connectivity index (χ4v) is 2.95. The minimum atomic E-state index is 0.711. The molecule has 0 amide bonds. The maximum Gasteiger partial charge on any atom is 0.0271 e. The molecule has 15 heavy (non-hydrogen) atoms. The predicted molar refractivity (Wildman–Crippen MR) is 66.4 cm³/mol. The molecule has 2 nitrogen and oxygen atoms in total. The largest absolute Gasteiger partial charge is 0.269 e. The van der Waals surface area contributed by atoms with Crippen LogP contribution in [0.4, 0.5) is 0 Å². The first kappa shape index (κ1) is 13.0. The molecule has 2 N–H and O–H groups in total. The molecule has 2 heteroatoms. The lowest BCUT2D eigenvalue weighted by molar-refractivity contribution is 0.0256. The van der Waals surface area contributed by atoms with Crippen LogP contribution in [0.3, 0.4) is 0 Å². The van der Waals surface area contributed by atoms with Crippen molar-refractivity contribution < 1.29 is 0 Å². The number of hydrazine groups is 1. The molecule has 0 aromatic rings. The van der Waals surface area contributed by atoms with Crippen molar-refractivity contribution in [2.75, 3.05) is 6.54 Å². The average Bonchev–Trinajstić information content (AvgIpc) is 2.25. The molecule has 0 aromatic carbocycles. The summed E-state index contributed by atoms with van der Waals surface area (Å²) in [6.45, 7) is 7.76. The highest BCUT2D eigenvalue weighted by Gasteiger charge is 2.35. The van der Waals surface area contributed by atoms with Gasteiger partial charge in [0.2, 0.25) is 0 Å². The van der Waals surface area contributed by atoms with E-state index in [4.69, 9.17) is 5.84 Å². The van der Waals surface area contributed by atoms with Crippen LogP contribution >= 0.6 is 0 Å². The molecule has 3 unspecified atom stereocenters. The Labute approximate surface area is 95.2 Å². The molecule has 0 aromatic heterocycles. The van der Waals surface area contributed by atoms with Gasteiger partial charge in [0.1, 0.15) is 0 Å². The molecule has 1 aliphatic carbocycles. The average molecular weight is 212 g/mol. The van der Waals surface area contributed by atoms with Crippen molar-refractivity contribution in [3.8, 4) is 0 Å². The second kappa shape index (κ2) is 6.49. The summed E-state index contributed by atoms with van der Waals surface area (Å²) in [4.78, 5) is 0. The van der Waals surface area contributed by atoms with Crippen molar-refractivity contribution in [3.63, 3.8) is 0 Å². The summed E-state index contributed by atoms with van der Waals surface area (Å²) >= 11 is 0. The van der Waals surface area contributed by atoms with E-state index in [1.807, 2.05) is 0 Å². The molecule has 1 saturated carbocycles. The lowest BCUT2D eigenvalue weighted by atomic mass is 9.73. The van der Waals surface area contributed by atoms with E-state index < -0.39 is 0 Å². The van der Waals surface area contributed by atoms with Crippen LogP contribution in [-0.4, -0.2) is 17.6 Å². The number of nitrogens with two attached hydrogens (primary N) is 1. The first-order chi connectivity index (χ1) is 7.20. The van der Waals surface area contributed by atoms with Crippen LogP contribution in [0.5, 0.6) is 0 Å². The van der Waals surface area contributed by atoms with E-state index in [0.717, 1.165) is 18.4 Å². The Balaban J connectivity index is 0.000000337. The van der Waals surface area contributed by atoms with Gasteiger partial charge in [0.05, 0.1) is 0 Å². The highest BCUT2D eigenvalue weighted by Crippen LogP contribution is 2.37. The molecule has 1 saturated heterocycles. The SMILES string of the molecule is CC1CCN(N)C2CCCCC12.CCC. The van der Waals surface area contributed by atoms with Gasteiger partial charge in [-0.25, -0.2) is 5.01 Å². The molecule has 1 aliphatic heterocycles. The molecule has 1 heterocycles. The lowest BCUT2D eigenvalue weighted by Gasteiger charge is -2.45. The predicted octanol–water partition coefficient (Wildman–Crippen LogP) is 3.18. The number of nitrogens with zero attached hydrogens (tertiary/aromatic N) is 1. The highest BCUT2D eigenvalue weighted by molar-refractivity contribution is 4.88. The summed E-state index contributed by atoms with van der Waals surface area (Å²) in [6.07, 6.45) is 8.13. The van der Waals surface area contributed by atoms with Crippen LogP contribution in [-0.2, 0) is 0 Å². The van der Waals surface area contributed by atoms with Gasteiger partial charge in [0, 0.05) is 12.6 Å². The van der Waals surface area contributed by atoms with Gasteiger partial charge in [-0.05, 0) is 31.1 Å². The second-order valence-corrected chi connectivity index (χ2v) is 5.23. The number of fused-ring (bicyclic) bond motifs is 1. The minimum Gasteiger partial charge on any atom is -0.269 e. The smallest absolute Gasteiger partial charge is 0.0271 e. The van der Waals surface area contributed by atoms with Gasteiger partial charge in [-0.3, -0.25) is 5.84 Å². The van der Waals surface area contributed by atoms with E-state index in [-0.39, 0.29) is 0 Å². The van der Waals surface area contributed by atoms with Crippen molar-refractivity contribution in [2.24, 2.45) is 17.7 Å². The zero-order valence-corrected chi connectivity index (χ0v) is 10.7. The Hall–Kier alpha value is -0.0800. The van der Waals surface area contributed by atoms with Gasteiger partial charge < -0.3 is 0 Å². The molecular weight excluding hydrogens is 184 g/mol. The van der Waals surface area contributed by atoms with E-state index in [9.17, 15) is 0 Å². The molecule has 2 fully saturated rings. The third-order valence-corrected chi connectivity index (χ3v) is 3.78. The molecule has 0 bridgehead atoms. The fraction of sp³-hybridized carbons (Fsp3) is 1.00. The van der Waals surface area contributed by atoms with Crippen molar-refractivity contribution in [3.05, 3.63) is 0 Å². The van der Waals surface area contributed by atoms with Crippen LogP contribution in [0.2, 0.25) is 0 Å². The summed E-state index contributed by atoms with van der Waals surface area (Å²) in [6, 6.07) is 0.711. The first-order valence-electron chi connectivity index (χ1n) is 6.72. The normalized spacial score (nSPS) is 36.4. The van der Waals surface area contributed by atoms with E-state index in [1.54, 1.807) is 0 Å². The summed E-state index contributed by atoms with van der Waals surface area (Å²) in [5.41, 5.74) is 0. The van der Waals surface area contributed by atoms with Gasteiger partial charge >= 0.3 is 0 Å². The standard InChI is InChI=1S/C10H20N2.C3H8/c1-8-6-7-12(11)10-5-3-2-4-9(8)10;1-3-2/h8-10H,2-7,11H2,1H3;3H2,1-2H3. The Kier molecular flexibility index (Phi) is 5.62. The number of rotatable bonds is 0. The van der Waals surface area contributed by atoms with Gasteiger partial charge in [-0.2, -0.15) is 0 Å². The van der Waals surface area contributed by atoms with E-state index in [0.29, 0.717) is 6.04 Å². The van der Waals surface area contributed by atoms with Crippen LogP contribution in [0.1, 0.15) is 59.3 Å². The second-order valence-electron chi connectivity index (χ2n) is 5.23. The van der Waals surface area contributed by atoms with Crippen LogP contribution in [0.15, 0.2) is 0 Å². The molecular formula is C13H28N2. The zero-order chi connectivity index (χ0) is 11.3. The van der Waals surface area contributed by atoms with Crippen LogP contribution < -0.4 is 5.84 Å². The topological polar surface area (TPSA) is 29.3 Å².